The van der Waals surface area contributed by atoms with Gasteiger partial charge in [0, 0.05) is 19.7 Å². The number of rotatable bonds is 1. The lowest BCUT2D eigenvalue weighted by atomic mass is 10.1. The van der Waals surface area contributed by atoms with Gasteiger partial charge in [-0.05, 0) is 13.0 Å². The topological polar surface area (TPSA) is 82.7 Å². The molecule has 21 heavy (non-hydrogen) atoms. The van der Waals surface area contributed by atoms with Gasteiger partial charge in [-0.15, -0.1) is 0 Å². The van der Waals surface area contributed by atoms with Gasteiger partial charge in [0.2, 0.25) is 0 Å². The zero-order chi connectivity index (χ0) is 15.1. The number of nitrogens with zero attached hydrogens (tertiary/aromatic N) is 5. The Morgan fingerprint density at radius 1 is 1.10 bits per heavy atom. The molecule has 0 aliphatic carbocycles. The van der Waals surface area contributed by atoms with E-state index in [0.29, 0.717) is 5.82 Å². The van der Waals surface area contributed by atoms with Crippen LogP contribution in [0.25, 0.3) is 22.9 Å². The molecule has 2 heterocycles. The highest BCUT2D eigenvalue weighted by Crippen LogP contribution is 2.18. The molecule has 2 aliphatic heterocycles. The van der Waals surface area contributed by atoms with Crippen molar-refractivity contribution in [2.75, 3.05) is 0 Å². The summed E-state index contributed by atoms with van der Waals surface area (Å²) in [6, 6.07) is 7.67. The van der Waals surface area contributed by atoms with Gasteiger partial charge in [0.1, 0.15) is 0 Å². The van der Waals surface area contributed by atoms with E-state index in [1.807, 2.05) is 31.2 Å². The van der Waals surface area contributed by atoms with Gasteiger partial charge in [0.25, 0.3) is 5.56 Å². The van der Waals surface area contributed by atoms with Gasteiger partial charge >= 0.3 is 5.69 Å². The van der Waals surface area contributed by atoms with E-state index in [-0.39, 0.29) is 11.5 Å². The SMILES string of the molecule is Cc1cccc(-c2nc3c(=O)n(C)c(=O)nc-3n(C)n2)c1. The summed E-state index contributed by atoms with van der Waals surface area (Å²) >= 11 is 0. The van der Waals surface area contributed by atoms with E-state index in [9.17, 15) is 9.59 Å². The molecule has 3 rings (SSSR count). The summed E-state index contributed by atoms with van der Waals surface area (Å²) in [6.45, 7) is 1.97. The van der Waals surface area contributed by atoms with Crippen LogP contribution in [0, 0.1) is 6.92 Å². The van der Waals surface area contributed by atoms with Crippen LogP contribution in [0.1, 0.15) is 5.56 Å². The van der Waals surface area contributed by atoms with Crippen molar-refractivity contribution in [3.8, 4) is 22.9 Å². The van der Waals surface area contributed by atoms with Crippen molar-refractivity contribution in [2.45, 2.75) is 6.92 Å². The summed E-state index contributed by atoms with van der Waals surface area (Å²) < 4.78 is 2.35. The molecule has 0 atom stereocenters. The largest absolute Gasteiger partial charge is 0.352 e. The average molecular weight is 283 g/mol. The third kappa shape index (κ3) is 2.12. The highest BCUT2D eigenvalue weighted by molar-refractivity contribution is 5.59. The molecule has 1 aromatic rings. The number of aryl methyl sites for hydroxylation is 2. The Labute approximate surface area is 119 Å². The molecule has 0 bridgehead atoms. The lowest BCUT2D eigenvalue weighted by molar-refractivity contribution is 0.678. The standard InChI is InChI=1S/C14H13N5O2/c1-8-5-4-6-9(7-8)11-15-10-12(19(3)17-11)16-14(21)18(2)13(10)20/h4-7H,1-3H3. The van der Waals surface area contributed by atoms with Gasteiger partial charge in [0.05, 0.1) is 0 Å². The molecular formula is C14H13N5O2. The lowest BCUT2D eigenvalue weighted by Gasteiger charge is -2.11. The lowest BCUT2D eigenvalue weighted by Crippen LogP contribution is -2.36. The van der Waals surface area contributed by atoms with Crippen LogP contribution in [0.5, 0.6) is 0 Å². The van der Waals surface area contributed by atoms with Crippen LogP contribution in [0.15, 0.2) is 33.9 Å². The summed E-state index contributed by atoms with van der Waals surface area (Å²) in [7, 11) is 3.01. The summed E-state index contributed by atoms with van der Waals surface area (Å²) in [5.74, 6) is 0.603. The number of benzene rings is 1. The van der Waals surface area contributed by atoms with E-state index in [1.165, 1.54) is 11.7 Å². The zero-order valence-electron chi connectivity index (χ0n) is 11.9. The maximum absolute atomic E-state index is 12.2. The van der Waals surface area contributed by atoms with Crippen LogP contribution in [-0.2, 0) is 14.1 Å². The molecule has 0 radical (unpaired) electrons. The van der Waals surface area contributed by atoms with Gasteiger partial charge in [-0.2, -0.15) is 10.1 Å². The van der Waals surface area contributed by atoms with Gasteiger partial charge in [-0.3, -0.25) is 9.36 Å². The van der Waals surface area contributed by atoms with Gasteiger partial charge in [-0.1, -0.05) is 23.8 Å². The van der Waals surface area contributed by atoms with Crippen molar-refractivity contribution in [2.24, 2.45) is 14.1 Å². The minimum Gasteiger partial charge on any atom is -0.267 e. The summed E-state index contributed by atoms with van der Waals surface area (Å²) in [4.78, 5) is 31.9. The summed E-state index contributed by atoms with van der Waals surface area (Å²) in [5, 5.41) is 4.28. The fourth-order valence-corrected chi connectivity index (χ4v) is 2.11. The van der Waals surface area contributed by atoms with Gasteiger partial charge in [-0.25, -0.2) is 14.5 Å². The maximum atomic E-state index is 12.2. The molecule has 0 unspecified atom stereocenters. The van der Waals surface area contributed by atoms with E-state index in [2.05, 4.69) is 15.1 Å². The fourth-order valence-electron chi connectivity index (χ4n) is 2.11. The van der Waals surface area contributed by atoms with Crippen molar-refractivity contribution in [1.29, 1.82) is 0 Å². The van der Waals surface area contributed by atoms with E-state index in [0.717, 1.165) is 15.7 Å². The third-order valence-corrected chi connectivity index (χ3v) is 3.25. The monoisotopic (exact) mass is 283 g/mol. The Morgan fingerprint density at radius 2 is 1.86 bits per heavy atom. The third-order valence-electron chi connectivity index (χ3n) is 3.25. The minimum absolute atomic E-state index is 0.131. The normalized spacial score (nSPS) is 11.0. The first kappa shape index (κ1) is 13.2. The Morgan fingerprint density at radius 3 is 2.57 bits per heavy atom. The minimum atomic E-state index is -0.616. The predicted molar refractivity (Wildman–Crippen MR) is 77.1 cm³/mol. The van der Waals surface area contributed by atoms with Crippen molar-refractivity contribution in [1.82, 2.24) is 24.3 Å². The van der Waals surface area contributed by atoms with Crippen molar-refractivity contribution in [3.63, 3.8) is 0 Å². The van der Waals surface area contributed by atoms with Crippen LogP contribution in [0.2, 0.25) is 0 Å². The van der Waals surface area contributed by atoms with E-state index >= 15 is 0 Å². The number of hydrogen-bond acceptors (Lipinski definition) is 5. The molecule has 0 fully saturated rings. The Bertz CT molecular complexity index is 925. The molecule has 7 nitrogen and oxygen atoms in total. The molecule has 2 aliphatic rings. The molecule has 0 aromatic heterocycles. The first-order valence-electron chi connectivity index (χ1n) is 6.36. The van der Waals surface area contributed by atoms with Gasteiger partial charge < -0.3 is 0 Å². The fraction of sp³-hybridized carbons (Fsp3) is 0.214. The van der Waals surface area contributed by atoms with Crippen LogP contribution < -0.4 is 11.2 Å². The quantitative estimate of drug-likeness (QED) is 0.643. The van der Waals surface area contributed by atoms with Crippen LogP contribution in [0.4, 0.5) is 0 Å². The molecule has 7 heteroatoms. The average Bonchev–Trinajstić information content (AvgIpc) is 2.46. The molecular weight excluding hydrogens is 270 g/mol. The van der Waals surface area contributed by atoms with Gasteiger partial charge in [0.15, 0.2) is 17.3 Å². The molecule has 0 saturated carbocycles. The predicted octanol–water partition coefficient (Wildman–Crippen LogP) is 0.349. The second kappa shape index (κ2) is 4.62. The first-order chi connectivity index (χ1) is 9.97. The first-order valence-corrected chi connectivity index (χ1v) is 6.36. The number of hydrogen-bond donors (Lipinski definition) is 0. The highest BCUT2D eigenvalue weighted by atomic mass is 16.2. The number of aromatic nitrogens is 5. The smallest absolute Gasteiger partial charge is 0.267 e. The molecule has 106 valence electrons. The second-order valence-electron chi connectivity index (χ2n) is 4.86. The second-order valence-corrected chi connectivity index (χ2v) is 4.86. The van der Waals surface area contributed by atoms with Crippen LogP contribution in [-0.4, -0.2) is 24.3 Å². The molecule has 1 aromatic carbocycles. The molecule has 0 saturated heterocycles. The maximum Gasteiger partial charge on any atom is 0.352 e. The van der Waals surface area contributed by atoms with E-state index in [4.69, 9.17) is 0 Å². The Hall–Kier alpha value is -2.83. The molecule has 0 amide bonds. The van der Waals surface area contributed by atoms with Crippen molar-refractivity contribution in [3.05, 3.63) is 50.7 Å². The van der Waals surface area contributed by atoms with Crippen molar-refractivity contribution < 1.29 is 0 Å². The zero-order valence-corrected chi connectivity index (χ0v) is 11.9. The van der Waals surface area contributed by atoms with Crippen LogP contribution in [0.3, 0.4) is 0 Å². The summed E-state index contributed by atoms with van der Waals surface area (Å²) in [5.41, 5.74) is 0.915. The Balaban J connectivity index is 2.36. The van der Waals surface area contributed by atoms with Crippen molar-refractivity contribution >= 4 is 0 Å². The molecule has 0 spiro atoms. The van der Waals surface area contributed by atoms with Crippen LogP contribution >= 0.6 is 0 Å². The van der Waals surface area contributed by atoms with E-state index < -0.39 is 11.2 Å². The highest BCUT2D eigenvalue weighted by Gasteiger charge is 2.19. The van der Waals surface area contributed by atoms with E-state index in [1.54, 1.807) is 7.05 Å². The summed E-state index contributed by atoms with van der Waals surface area (Å²) in [6.07, 6.45) is 0. The molecule has 0 N–H and O–H groups in total. The Kier molecular flexibility index (Phi) is 2.90. The number of fused-ring (bicyclic) bond motifs is 1.